The average Bonchev–Trinajstić information content (AvgIpc) is 2.39. The SMILES string of the molecule is Cc1ccc(Cl)cc1OCC1(CS(N)(=O)=O)CCCCC1. The number of sulfonamides is 1. The third kappa shape index (κ3) is 4.87. The number of rotatable bonds is 5. The van der Waals surface area contributed by atoms with Crippen LogP contribution in [0.3, 0.4) is 0 Å². The van der Waals surface area contributed by atoms with Crippen molar-refractivity contribution in [2.45, 2.75) is 39.0 Å². The minimum absolute atomic E-state index is 0.0143. The van der Waals surface area contributed by atoms with Gasteiger partial charge in [0.2, 0.25) is 10.0 Å². The van der Waals surface area contributed by atoms with Gasteiger partial charge in [-0.2, -0.15) is 0 Å². The lowest BCUT2D eigenvalue weighted by atomic mass is 9.76. The second-order valence-electron chi connectivity index (χ2n) is 6.07. The number of ether oxygens (including phenoxy) is 1. The largest absolute Gasteiger partial charge is 0.493 e. The Labute approximate surface area is 131 Å². The molecule has 2 rings (SSSR count). The number of hydrogen-bond acceptors (Lipinski definition) is 3. The Morgan fingerprint density at radius 2 is 1.95 bits per heavy atom. The van der Waals surface area contributed by atoms with E-state index >= 15 is 0 Å². The zero-order valence-electron chi connectivity index (χ0n) is 12.3. The maximum atomic E-state index is 11.5. The highest BCUT2D eigenvalue weighted by Crippen LogP contribution is 2.38. The molecule has 0 bridgehead atoms. The normalized spacial score (nSPS) is 18.4. The molecule has 1 aromatic carbocycles. The predicted molar refractivity (Wildman–Crippen MR) is 85.2 cm³/mol. The number of hydrogen-bond donors (Lipinski definition) is 1. The summed E-state index contributed by atoms with van der Waals surface area (Å²) in [5.41, 5.74) is 0.613. The van der Waals surface area contributed by atoms with Crippen LogP contribution in [0, 0.1) is 12.3 Å². The summed E-state index contributed by atoms with van der Waals surface area (Å²) in [5.74, 6) is 0.696. The van der Waals surface area contributed by atoms with Crippen LogP contribution in [0.5, 0.6) is 5.75 Å². The highest BCUT2D eigenvalue weighted by Gasteiger charge is 2.36. The Morgan fingerprint density at radius 3 is 2.57 bits per heavy atom. The van der Waals surface area contributed by atoms with E-state index < -0.39 is 10.0 Å². The molecule has 0 amide bonds. The fourth-order valence-corrected chi connectivity index (χ4v) is 4.41. The van der Waals surface area contributed by atoms with Gasteiger partial charge in [0.15, 0.2) is 0 Å². The van der Waals surface area contributed by atoms with Crippen molar-refractivity contribution in [3.05, 3.63) is 28.8 Å². The zero-order valence-corrected chi connectivity index (χ0v) is 13.8. The third-order valence-electron chi connectivity index (χ3n) is 4.11. The summed E-state index contributed by atoms with van der Waals surface area (Å²) in [4.78, 5) is 0. The molecule has 2 N–H and O–H groups in total. The second-order valence-corrected chi connectivity index (χ2v) is 8.12. The monoisotopic (exact) mass is 331 g/mol. The maximum absolute atomic E-state index is 11.5. The highest BCUT2D eigenvalue weighted by atomic mass is 35.5. The van der Waals surface area contributed by atoms with Crippen molar-refractivity contribution in [3.63, 3.8) is 0 Å². The molecule has 0 heterocycles. The highest BCUT2D eigenvalue weighted by molar-refractivity contribution is 7.89. The molecule has 0 spiro atoms. The first kappa shape index (κ1) is 16.6. The van der Waals surface area contributed by atoms with E-state index in [-0.39, 0.29) is 11.2 Å². The molecule has 21 heavy (non-hydrogen) atoms. The van der Waals surface area contributed by atoms with Gasteiger partial charge in [0.1, 0.15) is 5.75 Å². The first-order valence-corrected chi connectivity index (χ1v) is 9.29. The first-order valence-electron chi connectivity index (χ1n) is 7.19. The molecule has 0 unspecified atom stereocenters. The topological polar surface area (TPSA) is 69.4 Å². The zero-order chi connectivity index (χ0) is 15.5. The number of halogens is 1. The Hall–Kier alpha value is -0.780. The quantitative estimate of drug-likeness (QED) is 0.900. The molecule has 6 heteroatoms. The molecule has 0 aliphatic heterocycles. The number of nitrogens with two attached hydrogens (primary N) is 1. The molecular formula is C15H22ClNO3S. The van der Waals surface area contributed by atoms with Crippen LogP contribution in [0.15, 0.2) is 18.2 Å². The molecule has 0 radical (unpaired) electrons. The molecule has 118 valence electrons. The van der Waals surface area contributed by atoms with Crippen molar-refractivity contribution in [2.24, 2.45) is 10.6 Å². The molecule has 1 aromatic rings. The van der Waals surface area contributed by atoms with E-state index in [9.17, 15) is 8.42 Å². The fourth-order valence-electron chi connectivity index (χ4n) is 3.02. The summed E-state index contributed by atoms with van der Waals surface area (Å²) < 4.78 is 29.0. The van der Waals surface area contributed by atoms with Crippen molar-refractivity contribution >= 4 is 21.6 Å². The van der Waals surface area contributed by atoms with Crippen molar-refractivity contribution < 1.29 is 13.2 Å². The molecule has 1 aliphatic rings. The predicted octanol–water partition coefficient (Wildman–Crippen LogP) is 3.27. The number of aryl methyl sites for hydroxylation is 1. The van der Waals surface area contributed by atoms with E-state index in [4.69, 9.17) is 21.5 Å². The van der Waals surface area contributed by atoms with Gasteiger partial charge in [0, 0.05) is 10.4 Å². The van der Waals surface area contributed by atoms with Crippen molar-refractivity contribution in [1.82, 2.24) is 0 Å². The van der Waals surface area contributed by atoms with E-state index in [1.165, 1.54) is 0 Å². The van der Waals surface area contributed by atoms with Crippen LogP contribution in [0.2, 0.25) is 5.02 Å². The Balaban J connectivity index is 2.14. The van der Waals surface area contributed by atoms with Crippen LogP contribution in [-0.2, 0) is 10.0 Å². The molecule has 4 nitrogen and oxygen atoms in total. The van der Waals surface area contributed by atoms with E-state index in [0.29, 0.717) is 17.4 Å². The van der Waals surface area contributed by atoms with Crippen molar-refractivity contribution in [2.75, 3.05) is 12.4 Å². The summed E-state index contributed by atoms with van der Waals surface area (Å²) in [6.45, 7) is 2.31. The van der Waals surface area contributed by atoms with Crippen LogP contribution >= 0.6 is 11.6 Å². The van der Waals surface area contributed by atoms with E-state index in [0.717, 1.165) is 37.7 Å². The van der Waals surface area contributed by atoms with Gasteiger partial charge in [-0.15, -0.1) is 0 Å². The molecule has 1 aliphatic carbocycles. The molecular weight excluding hydrogens is 310 g/mol. The lowest BCUT2D eigenvalue weighted by Crippen LogP contribution is -2.40. The second kappa shape index (κ2) is 6.55. The summed E-state index contributed by atoms with van der Waals surface area (Å²) in [6, 6.07) is 5.47. The fraction of sp³-hybridized carbons (Fsp3) is 0.600. The lowest BCUT2D eigenvalue weighted by molar-refractivity contribution is 0.118. The van der Waals surface area contributed by atoms with Crippen LogP contribution in [0.25, 0.3) is 0 Å². The molecule has 0 atom stereocenters. The Kier molecular flexibility index (Phi) is 5.17. The third-order valence-corrected chi connectivity index (χ3v) is 5.36. The van der Waals surface area contributed by atoms with Gasteiger partial charge in [-0.3, -0.25) is 0 Å². The summed E-state index contributed by atoms with van der Waals surface area (Å²) >= 11 is 5.98. The molecule has 0 aromatic heterocycles. The Morgan fingerprint density at radius 1 is 1.29 bits per heavy atom. The average molecular weight is 332 g/mol. The standard InChI is InChI=1S/C15H22ClNO3S/c1-12-5-6-13(16)9-14(12)20-10-15(11-21(17,18)19)7-3-2-4-8-15/h5-6,9H,2-4,7-8,10-11H2,1H3,(H2,17,18,19). The van der Waals surface area contributed by atoms with Gasteiger partial charge in [-0.05, 0) is 37.5 Å². The van der Waals surface area contributed by atoms with Gasteiger partial charge >= 0.3 is 0 Å². The Bertz CT molecular complexity index is 595. The minimum atomic E-state index is -3.51. The number of primary sulfonamides is 1. The van der Waals surface area contributed by atoms with Crippen molar-refractivity contribution in [3.8, 4) is 5.75 Å². The summed E-state index contributed by atoms with van der Waals surface area (Å²) in [5, 5.41) is 5.88. The van der Waals surface area contributed by atoms with Gasteiger partial charge < -0.3 is 4.74 Å². The van der Waals surface area contributed by atoms with Gasteiger partial charge in [-0.1, -0.05) is 36.9 Å². The smallest absolute Gasteiger partial charge is 0.209 e. The van der Waals surface area contributed by atoms with Gasteiger partial charge in [-0.25, -0.2) is 13.6 Å². The van der Waals surface area contributed by atoms with E-state index in [1.54, 1.807) is 6.07 Å². The number of benzene rings is 1. The lowest BCUT2D eigenvalue weighted by Gasteiger charge is -2.36. The molecule has 0 saturated heterocycles. The van der Waals surface area contributed by atoms with Crippen LogP contribution in [0.4, 0.5) is 0 Å². The summed E-state index contributed by atoms with van der Waals surface area (Å²) in [6.07, 6.45) is 4.86. The summed E-state index contributed by atoms with van der Waals surface area (Å²) in [7, 11) is -3.51. The van der Waals surface area contributed by atoms with Gasteiger partial charge in [0.25, 0.3) is 0 Å². The van der Waals surface area contributed by atoms with Crippen molar-refractivity contribution in [1.29, 1.82) is 0 Å². The van der Waals surface area contributed by atoms with Gasteiger partial charge in [0.05, 0.1) is 12.4 Å². The van der Waals surface area contributed by atoms with E-state index in [2.05, 4.69) is 0 Å². The van der Waals surface area contributed by atoms with Crippen LogP contribution in [-0.4, -0.2) is 20.8 Å². The molecule has 1 saturated carbocycles. The first-order chi connectivity index (χ1) is 9.80. The maximum Gasteiger partial charge on any atom is 0.209 e. The van der Waals surface area contributed by atoms with Crippen LogP contribution < -0.4 is 9.88 Å². The minimum Gasteiger partial charge on any atom is -0.493 e. The molecule has 1 fully saturated rings. The van der Waals surface area contributed by atoms with E-state index in [1.807, 2.05) is 19.1 Å². The van der Waals surface area contributed by atoms with Crippen LogP contribution in [0.1, 0.15) is 37.7 Å².